The Balaban J connectivity index is 2.11. The maximum Gasteiger partial charge on any atom is 0.253 e. The van der Waals surface area contributed by atoms with Crippen LogP contribution < -0.4 is 5.73 Å². The minimum Gasteiger partial charge on any atom is -0.337 e. The lowest BCUT2D eigenvalue weighted by Crippen LogP contribution is -2.47. The monoisotopic (exact) mass is 285 g/mol. The van der Waals surface area contributed by atoms with Gasteiger partial charge in [-0.25, -0.2) is 0 Å². The van der Waals surface area contributed by atoms with Crippen molar-refractivity contribution in [2.75, 3.05) is 33.7 Å². The number of hydrogen-bond acceptors (Lipinski definition) is 3. The molecule has 1 fully saturated rings. The smallest absolute Gasteiger partial charge is 0.253 e. The maximum absolute atomic E-state index is 12.6. The Morgan fingerprint density at radius 3 is 3.05 bits per heavy atom. The van der Waals surface area contributed by atoms with Crippen LogP contribution in [0.4, 0.5) is 0 Å². The van der Waals surface area contributed by atoms with Crippen molar-refractivity contribution < 1.29 is 4.79 Å². The number of hydrogen-bond donors (Lipinski definition) is 1. The quantitative estimate of drug-likeness (QED) is 0.830. The van der Waals surface area contributed by atoms with E-state index in [4.69, 9.17) is 5.73 Å². The van der Waals surface area contributed by atoms with Crippen LogP contribution in [-0.4, -0.2) is 55.5 Å². The molecule has 0 bridgehead atoms. The molecule has 1 unspecified atom stereocenters. The minimum absolute atomic E-state index is 0.0618. The van der Waals surface area contributed by atoms with Gasteiger partial charge in [-0.1, -0.05) is 17.9 Å². The van der Waals surface area contributed by atoms with Gasteiger partial charge in [0.2, 0.25) is 0 Å². The van der Waals surface area contributed by atoms with E-state index in [0.29, 0.717) is 12.1 Å². The number of amides is 1. The van der Waals surface area contributed by atoms with E-state index < -0.39 is 0 Å². The fraction of sp³-hybridized carbons (Fsp3) is 0.471. The first-order valence-electron chi connectivity index (χ1n) is 7.36. The number of nitrogens with zero attached hydrogens (tertiary/aromatic N) is 2. The molecule has 1 aliphatic rings. The van der Waals surface area contributed by atoms with Crippen LogP contribution in [0.15, 0.2) is 24.3 Å². The van der Waals surface area contributed by atoms with Crippen molar-refractivity contribution >= 4 is 5.91 Å². The predicted molar refractivity (Wildman–Crippen MR) is 85.0 cm³/mol. The molecule has 0 aromatic heterocycles. The normalized spacial score (nSPS) is 18.7. The van der Waals surface area contributed by atoms with Gasteiger partial charge in [-0.2, -0.15) is 0 Å². The Bertz CT molecular complexity index is 559. The molecule has 1 heterocycles. The van der Waals surface area contributed by atoms with Gasteiger partial charge in [-0.05, 0) is 44.6 Å². The molecule has 0 radical (unpaired) electrons. The summed E-state index contributed by atoms with van der Waals surface area (Å²) in [6, 6.07) is 7.74. The van der Waals surface area contributed by atoms with Crippen LogP contribution in [0.2, 0.25) is 0 Å². The number of carbonyl (C=O) groups is 1. The molecular formula is C17H23N3O. The zero-order chi connectivity index (χ0) is 15.2. The van der Waals surface area contributed by atoms with E-state index in [9.17, 15) is 4.79 Å². The molecule has 1 aromatic rings. The minimum atomic E-state index is 0.0618. The summed E-state index contributed by atoms with van der Waals surface area (Å²) in [5.74, 6) is 5.85. The Labute approximate surface area is 126 Å². The molecule has 1 atom stereocenters. The Hall–Kier alpha value is -1.83. The third-order valence-corrected chi connectivity index (χ3v) is 3.91. The zero-order valence-corrected chi connectivity index (χ0v) is 12.8. The van der Waals surface area contributed by atoms with Crippen LogP contribution in [0.1, 0.15) is 28.8 Å². The lowest BCUT2D eigenvalue weighted by atomic mass is 10.0. The molecular weight excluding hydrogens is 262 g/mol. The van der Waals surface area contributed by atoms with Crippen LogP contribution in [0.3, 0.4) is 0 Å². The first kappa shape index (κ1) is 15.6. The molecule has 2 N–H and O–H groups in total. The summed E-state index contributed by atoms with van der Waals surface area (Å²) < 4.78 is 0. The average molecular weight is 285 g/mol. The number of benzene rings is 1. The third-order valence-electron chi connectivity index (χ3n) is 3.91. The van der Waals surface area contributed by atoms with Gasteiger partial charge in [-0.3, -0.25) is 4.79 Å². The third kappa shape index (κ3) is 4.07. The van der Waals surface area contributed by atoms with Gasteiger partial charge in [0.25, 0.3) is 5.91 Å². The fourth-order valence-electron chi connectivity index (χ4n) is 2.71. The number of likely N-dealkylation sites (N-methyl/N-ethyl adjacent to an activating group) is 2. The molecule has 0 aliphatic carbocycles. The van der Waals surface area contributed by atoms with Crippen molar-refractivity contribution in [3.8, 4) is 11.8 Å². The highest BCUT2D eigenvalue weighted by Gasteiger charge is 2.25. The highest BCUT2D eigenvalue weighted by atomic mass is 16.2. The van der Waals surface area contributed by atoms with Crippen LogP contribution in [0.25, 0.3) is 0 Å². The van der Waals surface area contributed by atoms with Crippen molar-refractivity contribution in [3.05, 3.63) is 35.4 Å². The standard InChI is InChI=1S/C17H23N3O/c1-19-11-5-9-16(13-19)20(2)17(21)15-8-3-6-14(12-15)7-4-10-18/h3,6,8,12,16H,5,9-11,13,18H2,1-2H3. The molecule has 1 amide bonds. The summed E-state index contributed by atoms with van der Waals surface area (Å²) in [6.45, 7) is 2.38. The topological polar surface area (TPSA) is 49.6 Å². The molecule has 1 saturated heterocycles. The second-order valence-corrected chi connectivity index (χ2v) is 5.56. The lowest BCUT2D eigenvalue weighted by Gasteiger charge is -2.35. The molecule has 21 heavy (non-hydrogen) atoms. The van der Waals surface area contributed by atoms with Crippen LogP contribution in [-0.2, 0) is 0 Å². The number of nitrogens with two attached hydrogens (primary N) is 1. The molecule has 4 nitrogen and oxygen atoms in total. The van der Waals surface area contributed by atoms with Crippen molar-refractivity contribution in [2.45, 2.75) is 18.9 Å². The van der Waals surface area contributed by atoms with Gasteiger partial charge in [0.05, 0.1) is 6.54 Å². The van der Waals surface area contributed by atoms with Crippen molar-refractivity contribution in [2.24, 2.45) is 5.73 Å². The Morgan fingerprint density at radius 1 is 1.52 bits per heavy atom. The van der Waals surface area contributed by atoms with E-state index in [1.807, 2.05) is 36.2 Å². The SMILES string of the molecule is CN1CCCC(N(C)C(=O)c2cccc(C#CCN)c2)C1. The molecule has 1 aromatic carbocycles. The Kier molecular flexibility index (Phi) is 5.38. The first-order chi connectivity index (χ1) is 10.1. The van der Waals surface area contributed by atoms with Crippen LogP contribution in [0.5, 0.6) is 0 Å². The van der Waals surface area contributed by atoms with E-state index in [1.165, 1.54) is 0 Å². The van der Waals surface area contributed by atoms with Crippen molar-refractivity contribution in [1.82, 2.24) is 9.80 Å². The van der Waals surface area contributed by atoms with Gasteiger partial charge in [0.1, 0.15) is 0 Å². The van der Waals surface area contributed by atoms with Crippen LogP contribution in [0, 0.1) is 11.8 Å². The number of piperidine rings is 1. The molecule has 1 aliphatic heterocycles. The number of rotatable bonds is 2. The van der Waals surface area contributed by atoms with Crippen LogP contribution >= 0.6 is 0 Å². The largest absolute Gasteiger partial charge is 0.337 e. The summed E-state index contributed by atoms with van der Waals surface area (Å²) in [6.07, 6.45) is 2.21. The highest BCUT2D eigenvalue weighted by molar-refractivity contribution is 5.94. The van der Waals surface area contributed by atoms with Gasteiger partial charge in [-0.15, -0.1) is 0 Å². The molecule has 0 saturated carbocycles. The van der Waals surface area contributed by atoms with Crippen molar-refractivity contribution in [3.63, 3.8) is 0 Å². The fourth-order valence-corrected chi connectivity index (χ4v) is 2.71. The van der Waals surface area contributed by atoms with E-state index in [0.717, 1.165) is 31.5 Å². The molecule has 112 valence electrons. The van der Waals surface area contributed by atoms with Gasteiger partial charge in [0.15, 0.2) is 0 Å². The van der Waals surface area contributed by atoms with E-state index in [2.05, 4.69) is 23.8 Å². The van der Waals surface area contributed by atoms with E-state index in [-0.39, 0.29) is 11.9 Å². The maximum atomic E-state index is 12.6. The second-order valence-electron chi connectivity index (χ2n) is 5.56. The number of carbonyl (C=O) groups excluding carboxylic acids is 1. The summed E-state index contributed by atoms with van der Waals surface area (Å²) in [5.41, 5.74) is 6.90. The van der Waals surface area contributed by atoms with Gasteiger partial charge in [0, 0.05) is 30.8 Å². The number of likely N-dealkylation sites (tertiary alicyclic amines) is 1. The second kappa shape index (κ2) is 7.26. The van der Waals surface area contributed by atoms with Gasteiger partial charge >= 0.3 is 0 Å². The molecule has 4 heteroatoms. The lowest BCUT2D eigenvalue weighted by molar-refractivity contribution is 0.0644. The zero-order valence-electron chi connectivity index (χ0n) is 12.8. The first-order valence-corrected chi connectivity index (χ1v) is 7.36. The van der Waals surface area contributed by atoms with E-state index >= 15 is 0 Å². The van der Waals surface area contributed by atoms with Gasteiger partial charge < -0.3 is 15.5 Å². The predicted octanol–water partition coefficient (Wildman–Crippen LogP) is 1.16. The highest BCUT2D eigenvalue weighted by Crippen LogP contribution is 2.16. The summed E-state index contributed by atoms with van der Waals surface area (Å²) in [5, 5.41) is 0. The summed E-state index contributed by atoms with van der Waals surface area (Å²) in [7, 11) is 4.00. The Morgan fingerprint density at radius 2 is 2.33 bits per heavy atom. The average Bonchev–Trinajstić information content (AvgIpc) is 2.51. The molecule has 0 spiro atoms. The van der Waals surface area contributed by atoms with E-state index in [1.54, 1.807) is 0 Å². The summed E-state index contributed by atoms with van der Waals surface area (Å²) in [4.78, 5) is 16.8. The van der Waals surface area contributed by atoms with Crippen molar-refractivity contribution in [1.29, 1.82) is 0 Å². The molecule has 2 rings (SSSR count). The summed E-state index contributed by atoms with van der Waals surface area (Å²) >= 11 is 0.